The van der Waals surface area contributed by atoms with E-state index in [-0.39, 0.29) is 6.61 Å². The number of fused-ring (bicyclic) bond motifs is 1. The number of aliphatic hydroxyl groups is 1. The van der Waals surface area contributed by atoms with Gasteiger partial charge in [-0.15, -0.1) is 0 Å². The Morgan fingerprint density at radius 3 is 2.83 bits per heavy atom. The Balaban J connectivity index is 1.89. The van der Waals surface area contributed by atoms with Crippen LogP contribution in [0.2, 0.25) is 0 Å². The molecule has 2 aliphatic rings. The SMILES string of the molecule is Cc1cc(CO)ccc1N1CCCC2CCCC21. The number of nitrogens with zero attached hydrogens (tertiary/aromatic N) is 1. The minimum atomic E-state index is 0.146. The fraction of sp³-hybridized carbons (Fsp3) is 0.625. The number of hydrogen-bond acceptors (Lipinski definition) is 2. The Bertz CT molecular complexity index is 429. The number of hydrogen-bond donors (Lipinski definition) is 1. The van der Waals surface area contributed by atoms with Crippen molar-refractivity contribution in [2.45, 2.75) is 51.7 Å². The minimum Gasteiger partial charge on any atom is -0.392 e. The van der Waals surface area contributed by atoms with Crippen LogP contribution in [0.25, 0.3) is 0 Å². The molecule has 1 aliphatic heterocycles. The van der Waals surface area contributed by atoms with Crippen molar-refractivity contribution < 1.29 is 5.11 Å². The van der Waals surface area contributed by atoms with E-state index >= 15 is 0 Å². The summed E-state index contributed by atoms with van der Waals surface area (Å²) in [5, 5.41) is 9.20. The molecule has 1 aromatic rings. The quantitative estimate of drug-likeness (QED) is 0.864. The molecule has 1 saturated heterocycles. The number of aryl methyl sites for hydroxylation is 1. The van der Waals surface area contributed by atoms with Crippen LogP contribution < -0.4 is 4.90 Å². The third-order valence-corrected chi connectivity index (χ3v) is 4.75. The van der Waals surface area contributed by atoms with Gasteiger partial charge in [-0.3, -0.25) is 0 Å². The van der Waals surface area contributed by atoms with Crippen LogP contribution in [0.1, 0.15) is 43.2 Å². The van der Waals surface area contributed by atoms with Crippen LogP contribution in [-0.4, -0.2) is 17.7 Å². The summed E-state index contributed by atoms with van der Waals surface area (Å²) in [5.41, 5.74) is 3.73. The number of rotatable bonds is 2. The molecule has 1 aromatic carbocycles. The molecule has 18 heavy (non-hydrogen) atoms. The zero-order valence-corrected chi connectivity index (χ0v) is 11.2. The third-order valence-electron chi connectivity index (χ3n) is 4.75. The minimum absolute atomic E-state index is 0.146. The van der Waals surface area contributed by atoms with Crippen molar-refractivity contribution in [3.63, 3.8) is 0 Å². The van der Waals surface area contributed by atoms with Gasteiger partial charge in [0, 0.05) is 18.3 Å². The highest BCUT2D eigenvalue weighted by atomic mass is 16.3. The van der Waals surface area contributed by atoms with E-state index in [2.05, 4.69) is 30.0 Å². The van der Waals surface area contributed by atoms with Gasteiger partial charge in [-0.2, -0.15) is 0 Å². The molecule has 2 atom stereocenters. The lowest BCUT2D eigenvalue weighted by Crippen LogP contribution is -2.42. The monoisotopic (exact) mass is 245 g/mol. The van der Waals surface area contributed by atoms with Crippen LogP contribution in [-0.2, 0) is 6.61 Å². The second kappa shape index (κ2) is 4.93. The zero-order chi connectivity index (χ0) is 12.5. The van der Waals surface area contributed by atoms with Crippen molar-refractivity contribution in [1.29, 1.82) is 0 Å². The molecule has 2 nitrogen and oxygen atoms in total. The first kappa shape index (κ1) is 12.0. The highest BCUT2D eigenvalue weighted by molar-refractivity contribution is 5.55. The van der Waals surface area contributed by atoms with Crippen molar-refractivity contribution in [3.05, 3.63) is 29.3 Å². The van der Waals surface area contributed by atoms with Crippen molar-refractivity contribution in [1.82, 2.24) is 0 Å². The Labute approximate surface area is 110 Å². The lowest BCUT2D eigenvalue weighted by molar-refractivity contribution is 0.281. The Morgan fingerprint density at radius 1 is 1.22 bits per heavy atom. The largest absolute Gasteiger partial charge is 0.392 e. The summed E-state index contributed by atoms with van der Waals surface area (Å²) in [4.78, 5) is 2.64. The predicted molar refractivity (Wildman–Crippen MR) is 74.8 cm³/mol. The van der Waals surface area contributed by atoms with Gasteiger partial charge in [-0.05, 0) is 55.7 Å². The van der Waals surface area contributed by atoms with E-state index < -0.39 is 0 Å². The molecule has 0 bridgehead atoms. The van der Waals surface area contributed by atoms with E-state index in [1.54, 1.807) is 0 Å². The highest BCUT2D eigenvalue weighted by Crippen LogP contribution is 2.40. The summed E-state index contributed by atoms with van der Waals surface area (Å²) in [7, 11) is 0. The smallest absolute Gasteiger partial charge is 0.0681 e. The molecule has 2 unspecified atom stereocenters. The normalized spacial score (nSPS) is 27.3. The van der Waals surface area contributed by atoms with Gasteiger partial charge < -0.3 is 10.0 Å². The van der Waals surface area contributed by atoms with Gasteiger partial charge >= 0.3 is 0 Å². The van der Waals surface area contributed by atoms with Crippen LogP contribution >= 0.6 is 0 Å². The average molecular weight is 245 g/mol. The summed E-state index contributed by atoms with van der Waals surface area (Å²) < 4.78 is 0. The zero-order valence-electron chi connectivity index (χ0n) is 11.2. The predicted octanol–water partition coefficient (Wildman–Crippen LogP) is 3.26. The van der Waals surface area contributed by atoms with E-state index in [9.17, 15) is 5.11 Å². The van der Waals surface area contributed by atoms with E-state index in [0.29, 0.717) is 0 Å². The molecule has 0 amide bonds. The molecule has 98 valence electrons. The summed E-state index contributed by atoms with van der Waals surface area (Å²) >= 11 is 0. The van der Waals surface area contributed by atoms with Crippen molar-refractivity contribution in [2.75, 3.05) is 11.4 Å². The molecule has 2 fully saturated rings. The first-order chi connectivity index (χ1) is 8.79. The van der Waals surface area contributed by atoms with Crippen LogP contribution in [0, 0.1) is 12.8 Å². The topological polar surface area (TPSA) is 23.5 Å². The maximum atomic E-state index is 9.20. The Hall–Kier alpha value is -1.02. The standard InChI is InChI=1S/C16H23NO/c1-12-10-13(11-18)7-8-15(12)17-9-3-5-14-4-2-6-16(14)17/h7-8,10,14,16,18H,2-6,9,11H2,1H3. The summed E-state index contributed by atoms with van der Waals surface area (Å²) in [6, 6.07) is 7.19. The molecule has 1 N–H and O–H groups in total. The first-order valence-electron chi connectivity index (χ1n) is 7.26. The van der Waals surface area contributed by atoms with Gasteiger partial charge in [0.15, 0.2) is 0 Å². The molecule has 0 radical (unpaired) electrons. The molecule has 0 aromatic heterocycles. The summed E-state index contributed by atoms with van der Waals surface area (Å²) in [5.74, 6) is 0.927. The van der Waals surface area contributed by atoms with Crippen molar-refractivity contribution in [2.24, 2.45) is 5.92 Å². The molecule has 0 spiro atoms. The molecule has 1 saturated carbocycles. The first-order valence-corrected chi connectivity index (χ1v) is 7.26. The van der Waals surface area contributed by atoms with E-state index in [4.69, 9.17) is 0 Å². The van der Waals surface area contributed by atoms with E-state index in [0.717, 1.165) is 17.5 Å². The molecule has 1 aliphatic carbocycles. The number of aliphatic hydroxyl groups excluding tert-OH is 1. The van der Waals surface area contributed by atoms with E-state index in [1.165, 1.54) is 49.9 Å². The lowest BCUT2D eigenvalue weighted by atomic mass is 9.91. The lowest BCUT2D eigenvalue weighted by Gasteiger charge is -2.40. The number of benzene rings is 1. The molecular formula is C16H23NO. The number of piperidine rings is 1. The Kier molecular flexibility index (Phi) is 3.29. The maximum Gasteiger partial charge on any atom is 0.0681 e. The maximum absolute atomic E-state index is 9.20. The second-order valence-electron chi connectivity index (χ2n) is 5.87. The fourth-order valence-electron chi connectivity index (χ4n) is 3.89. The number of anilines is 1. The van der Waals surface area contributed by atoms with Gasteiger partial charge in [0.2, 0.25) is 0 Å². The highest BCUT2D eigenvalue weighted by Gasteiger charge is 2.35. The second-order valence-corrected chi connectivity index (χ2v) is 5.87. The van der Waals surface area contributed by atoms with Crippen LogP contribution in [0.4, 0.5) is 5.69 Å². The Morgan fingerprint density at radius 2 is 2.06 bits per heavy atom. The van der Waals surface area contributed by atoms with Gasteiger partial charge in [0.05, 0.1) is 6.61 Å². The molecule has 1 heterocycles. The van der Waals surface area contributed by atoms with Crippen LogP contribution in [0.3, 0.4) is 0 Å². The van der Waals surface area contributed by atoms with Gasteiger partial charge in [-0.1, -0.05) is 18.6 Å². The van der Waals surface area contributed by atoms with Crippen LogP contribution in [0.5, 0.6) is 0 Å². The van der Waals surface area contributed by atoms with Gasteiger partial charge in [0.25, 0.3) is 0 Å². The van der Waals surface area contributed by atoms with Gasteiger partial charge in [0.1, 0.15) is 0 Å². The van der Waals surface area contributed by atoms with Crippen molar-refractivity contribution >= 4 is 5.69 Å². The fourth-order valence-corrected chi connectivity index (χ4v) is 3.89. The summed E-state index contributed by atoms with van der Waals surface area (Å²) in [6.07, 6.45) is 6.96. The van der Waals surface area contributed by atoms with Crippen LogP contribution in [0.15, 0.2) is 18.2 Å². The van der Waals surface area contributed by atoms with Crippen molar-refractivity contribution in [3.8, 4) is 0 Å². The van der Waals surface area contributed by atoms with E-state index in [1.807, 2.05) is 0 Å². The summed E-state index contributed by atoms with van der Waals surface area (Å²) in [6.45, 7) is 3.53. The molecule has 2 heteroatoms. The molecule has 3 rings (SSSR count). The average Bonchev–Trinajstić information content (AvgIpc) is 2.87. The third kappa shape index (κ3) is 2.03. The molecular weight excluding hydrogens is 222 g/mol. The van der Waals surface area contributed by atoms with Gasteiger partial charge in [-0.25, -0.2) is 0 Å².